The van der Waals surface area contributed by atoms with Gasteiger partial charge in [0.15, 0.2) is 0 Å². The molecule has 2 heterocycles. The van der Waals surface area contributed by atoms with Crippen LogP contribution in [-0.2, 0) is 6.54 Å². The van der Waals surface area contributed by atoms with Crippen molar-refractivity contribution in [1.29, 1.82) is 0 Å². The van der Waals surface area contributed by atoms with Crippen LogP contribution in [-0.4, -0.2) is 15.0 Å². The summed E-state index contributed by atoms with van der Waals surface area (Å²) in [5.74, 6) is 0.686. The minimum atomic E-state index is 0.335. The summed E-state index contributed by atoms with van der Waals surface area (Å²) in [6.45, 7) is 0.591. The highest BCUT2D eigenvalue weighted by Gasteiger charge is 2.05. The van der Waals surface area contributed by atoms with E-state index in [0.717, 1.165) is 11.3 Å². The first kappa shape index (κ1) is 11.5. The molecule has 0 aliphatic rings. The van der Waals surface area contributed by atoms with Gasteiger partial charge in [-0.2, -0.15) is 0 Å². The Morgan fingerprint density at radius 3 is 2.71 bits per heavy atom. The molecule has 0 saturated carbocycles. The Balaban J connectivity index is 2.12. The maximum absolute atomic E-state index is 5.62. The molecule has 2 aromatic heterocycles. The number of hydrogen-bond acceptors (Lipinski definition) is 4. The van der Waals surface area contributed by atoms with Gasteiger partial charge in [-0.25, -0.2) is 4.98 Å². The van der Waals surface area contributed by atoms with Gasteiger partial charge in [0.25, 0.3) is 0 Å². The van der Waals surface area contributed by atoms with Gasteiger partial charge in [-0.1, -0.05) is 18.3 Å². The molecule has 0 unspecified atom stereocenters. The van der Waals surface area contributed by atoms with Crippen LogP contribution in [0.5, 0.6) is 0 Å². The zero-order chi connectivity index (χ0) is 12.1. The van der Waals surface area contributed by atoms with E-state index in [0.29, 0.717) is 17.4 Å². The molecule has 0 aliphatic heterocycles. The maximum Gasteiger partial charge on any atom is 0.136 e. The highest BCUT2D eigenvalue weighted by atomic mass is 32.1. The van der Waals surface area contributed by atoms with Gasteiger partial charge in [-0.3, -0.25) is 4.98 Å². The molecule has 0 atom stereocenters. The number of nitrogens with one attached hydrogen (secondary N) is 1. The van der Waals surface area contributed by atoms with Crippen molar-refractivity contribution in [2.24, 2.45) is 5.73 Å². The third-order valence-electron chi connectivity index (χ3n) is 2.24. The smallest absolute Gasteiger partial charge is 0.136 e. The number of aromatic nitrogens is 2. The van der Waals surface area contributed by atoms with E-state index in [-0.39, 0.29) is 0 Å². The number of hydrogen-bond donors (Lipinski definition) is 2. The summed E-state index contributed by atoms with van der Waals surface area (Å²) in [5.41, 5.74) is 7.30. The molecule has 0 bridgehead atoms. The topological polar surface area (TPSA) is 63.8 Å². The van der Waals surface area contributed by atoms with E-state index in [1.807, 2.05) is 24.3 Å². The molecular weight excluding hydrogens is 232 g/mol. The fourth-order valence-corrected chi connectivity index (χ4v) is 1.59. The van der Waals surface area contributed by atoms with Crippen LogP contribution in [0.1, 0.15) is 11.3 Å². The van der Waals surface area contributed by atoms with E-state index in [1.165, 1.54) is 0 Å². The van der Waals surface area contributed by atoms with Gasteiger partial charge >= 0.3 is 0 Å². The average Bonchev–Trinajstić information content (AvgIpc) is 2.38. The van der Waals surface area contributed by atoms with Crippen molar-refractivity contribution in [2.75, 3.05) is 5.32 Å². The quantitative estimate of drug-likeness (QED) is 0.802. The number of nitrogens with two attached hydrogens (primary N) is 1. The lowest BCUT2D eigenvalue weighted by Crippen LogP contribution is -2.14. The fourth-order valence-electron chi connectivity index (χ4n) is 1.42. The van der Waals surface area contributed by atoms with Crippen molar-refractivity contribution in [3.63, 3.8) is 0 Å². The predicted molar refractivity (Wildman–Crippen MR) is 71.7 cm³/mol. The summed E-state index contributed by atoms with van der Waals surface area (Å²) in [7, 11) is 0. The molecule has 0 aliphatic carbocycles. The van der Waals surface area contributed by atoms with E-state index in [9.17, 15) is 0 Å². The zero-order valence-electron chi connectivity index (χ0n) is 9.13. The van der Waals surface area contributed by atoms with Gasteiger partial charge in [0.1, 0.15) is 10.8 Å². The third kappa shape index (κ3) is 2.98. The van der Waals surface area contributed by atoms with Crippen molar-refractivity contribution in [3.8, 4) is 0 Å². The lowest BCUT2D eigenvalue weighted by atomic mass is 10.2. The van der Waals surface area contributed by atoms with Crippen molar-refractivity contribution in [1.82, 2.24) is 9.97 Å². The van der Waals surface area contributed by atoms with Crippen molar-refractivity contribution >= 4 is 23.0 Å². The number of rotatable bonds is 4. The molecule has 0 amide bonds. The van der Waals surface area contributed by atoms with Crippen LogP contribution in [0.25, 0.3) is 0 Å². The van der Waals surface area contributed by atoms with E-state index in [1.54, 1.807) is 18.5 Å². The van der Waals surface area contributed by atoms with Crippen LogP contribution < -0.4 is 11.1 Å². The Kier molecular flexibility index (Phi) is 3.62. The number of pyridine rings is 2. The predicted octanol–water partition coefficient (Wildman–Crippen LogP) is 1.72. The van der Waals surface area contributed by atoms with Crippen molar-refractivity contribution < 1.29 is 0 Å². The van der Waals surface area contributed by atoms with Gasteiger partial charge < -0.3 is 11.1 Å². The first-order valence-corrected chi connectivity index (χ1v) is 5.57. The largest absolute Gasteiger partial charge is 0.389 e. The summed E-state index contributed by atoms with van der Waals surface area (Å²) in [4.78, 5) is 8.76. The highest BCUT2D eigenvalue weighted by Crippen LogP contribution is 2.11. The molecule has 0 radical (unpaired) electrons. The van der Waals surface area contributed by atoms with Crippen LogP contribution >= 0.6 is 12.2 Å². The maximum atomic E-state index is 5.62. The third-order valence-corrected chi connectivity index (χ3v) is 2.46. The molecule has 86 valence electrons. The minimum Gasteiger partial charge on any atom is -0.389 e. The lowest BCUT2D eigenvalue weighted by molar-refractivity contribution is 1.03. The normalized spacial score (nSPS) is 9.88. The summed E-state index contributed by atoms with van der Waals surface area (Å²) in [6.07, 6.45) is 3.45. The Morgan fingerprint density at radius 1 is 1.18 bits per heavy atom. The van der Waals surface area contributed by atoms with Gasteiger partial charge in [-0.05, 0) is 24.3 Å². The van der Waals surface area contributed by atoms with Gasteiger partial charge in [-0.15, -0.1) is 0 Å². The first-order chi connectivity index (χ1) is 8.27. The second-order valence-electron chi connectivity index (χ2n) is 3.44. The number of anilines is 1. The van der Waals surface area contributed by atoms with Crippen molar-refractivity contribution in [3.05, 3.63) is 54.0 Å². The molecule has 0 aromatic carbocycles. The van der Waals surface area contributed by atoms with Gasteiger partial charge in [0.2, 0.25) is 0 Å². The Labute approximate surface area is 105 Å². The summed E-state index contributed by atoms with van der Waals surface area (Å²) in [5, 5.41) is 3.17. The fraction of sp³-hybridized carbons (Fsp3) is 0.0833. The Hall–Kier alpha value is -2.01. The standard InChI is InChI=1S/C12H12N4S/c13-11(17)10-5-3-7-15-12(10)16-8-9-4-1-2-6-14-9/h1-7H,8H2,(H2,13,17)(H,15,16). The Bertz CT molecular complexity index is 513. The molecule has 0 saturated heterocycles. The molecule has 0 spiro atoms. The van der Waals surface area contributed by atoms with Crippen LogP contribution in [0.4, 0.5) is 5.82 Å². The molecule has 17 heavy (non-hydrogen) atoms. The van der Waals surface area contributed by atoms with Crippen molar-refractivity contribution in [2.45, 2.75) is 6.54 Å². The zero-order valence-corrected chi connectivity index (χ0v) is 9.95. The minimum absolute atomic E-state index is 0.335. The second kappa shape index (κ2) is 5.36. The van der Waals surface area contributed by atoms with Crippen LogP contribution in [0.15, 0.2) is 42.7 Å². The van der Waals surface area contributed by atoms with Crippen LogP contribution in [0, 0.1) is 0 Å². The van der Waals surface area contributed by atoms with Gasteiger partial charge in [0, 0.05) is 12.4 Å². The molecule has 5 heteroatoms. The molecule has 2 rings (SSSR count). The SMILES string of the molecule is NC(=S)c1cccnc1NCc1ccccn1. The molecular formula is C12H12N4S. The number of thiocarbonyl (C=S) groups is 1. The summed E-state index contributed by atoms with van der Waals surface area (Å²) in [6, 6.07) is 9.41. The van der Waals surface area contributed by atoms with Crippen LogP contribution in [0.3, 0.4) is 0 Å². The molecule has 3 N–H and O–H groups in total. The molecule has 0 fully saturated rings. The first-order valence-electron chi connectivity index (χ1n) is 5.16. The summed E-state index contributed by atoms with van der Waals surface area (Å²) >= 11 is 4.96. The molecule has 2 aromatic rings. The van der Waals surface area contributed by atoms with E-state index in [2.05, 4.69) is 15.3 Å². The van der Waals surface area contributed by atoms with E-state index in [4.69, 9.17) is 18.0 Å². The van der Waals surface area contributed by atoms with Crippen LogP contribution in [0.2, 0.25) is 0 Å². The highest BCUT2D eigenvalue weighted by molar-refractivity contribution is 7.80. The monoisotopic (exact) mass is 244 g/mol. The molecule has 4 nitrogen and oxygen atoms in total. The van der Waals surface area contributed by atoms with E-state index < -0.39 is 0 Å². The Morgan fingerprint density at radius 2 is 2.00 bits per heavy atom. The summed E-state index contributed by atoms with van der Waals surface area (Å²) < 4.78 is 0. The second-order valence-corrected chi connectivity index (χ2v) is 3.88. The average molecular weight is 244 g/mol. The van der Waals surface area contributed by atoms with E-state index >= 15 is 0 Å². The van der Waals surface area contributed by atoms with Gasteiger partial charge in [0.05, 0.1) is 17.8 Å². The lowest BCUT2D eigenvalue weighted by Gasteiger charge is -2.09. The number of nitrogens with zero attached hydrogens (tertiary/aromatic N) is 2.